The monoisotopic (exact) mass is 431 g/mol. The van der Waals surface area contributed by atoms with Gasteiger partial charge in [0.05, 0.1) is 0 Å². The van der Waals surface area contributed by atoms with Crippen LogP contribution in [0.4, 0.5) is 4.79 Å². The minimum Gasteiger partial charge on any atom is -0.444 e. The highest BCUT2D eigenvalue weighted by molar-refractivity contribution is 5.92. The van der Waals surface area contributed by atoms with Gasteiger partial charge in [0, 0.05) is 11.6 Å². The predicted molar refractivity (Wildman–Crippen MR) is 121 cm³/mol. The molecule has 1 saturated carbocycles. The van der Waals surface area contributed by atoms with E-state index in [2.05, 4.69) is 10.6 Å². The first-order valence-electron chi connectivity index (χ1n) is 10.9. The van der Waals surface area contributed by atoms with Gasteiger partial charge in [-0.2, -0.15) is 0 Å². The van der Waals surface area contributed by atoms with Crippen LogP contribution in [0, 0.1) is 6.92 Å². The molecule has 2 N–H and O–H groups in total. The lowest BCUT2D eigenvalue weighted by Gasteiger charge is -2.35. The van der Waals surface area contributed by atoms with Gasteiger partial charge in [-0.15, -0.1) is 0 Å². The second-order valence-electron chi connectivity index (χ2n) is 10.4. The topological polar surface area (TPSA) is 87.7 Å². The minimum atomic E-state index is -0.829. The van der Waals surface area contributed by atoms with E-state index in [1.807, 2.05) is 52.0 Å². The molecule has 1 aliphatic rings. The van der Waals surface area contributed by atoms with Gasteiger partial charge in [-0.05, 0) is 73.8 Å². The van der Waals surface area contributed by atoms with Crippen LogP contribution < -0.4 is 10.6 Å². The molecule has 0 bridgehead atoms. The fraction of sp³-hybridized carbons (Fsp3) is 0.625. The molecular weight excluding hydrogens is 394 g/mol. The molecule has 2 atom stereocenters. The molecule has 1 fully saturated rings. The first-order valence-corrected chi connectivity index (χ1v) is 10.9. The molecule has 31 heavy (non-hydrogen) atoms. The highest BCUT2D eigenvalue weighted by Gasteiger charge is 2.43. The molecule has 0 heterocycles. The number of benzene rings is 1. The Labute approximate surface area is 185 Å². The zero-order valence-corrected chi connectivity index (χ0v) is 20.0. The molecule has 172 valence electrons. The molecule has 2 unspecified atom stereocenters. The highest BCUT2D eigenvalue weighted by atomic mass is 16.6. The maximum Gasteiger partial charge on any atom is 0.408 e. The number of carbonyl (C=O) groups is 3. The Morgan fingerprint density at radius 1 is 1.10 bits per heavy atom. The fourth-order valence-electron chi connectivity index (χ4n) is 3.36. The van der Waals surface area contributed by atoms with Gasteiger partial charge in [0.15, 0.2) is 0 Å². The Morgan fingerprint density at radius 2 is 1.71 bits per heavy atom. The van der Waals surface area contributed by atoms with E-state index in [1.165, 1.54) is 0 Å². The molecule has 1 aromatic rings. The zero-order valence-electron chi connectivity index (χ0n) is 20.0. The summed E-state index contributed by atoms with van der Waals surface area (Å²) in [5.74, 6) is -0.535. The number of hydrogen-bond acceptors (Lipinski definition) is 4. The van der Waals surface area contributed by atoms with Crippen molar-refractivity contribution in [3.8, 4) is 0 Å². The predicted octanol–water partition coefficient (Wildman–Crippen LogP) is 3.86. The van der Waals surface area contributed by atoms with Crippen LogP contribution in [0.3, 0.4) is 0 Å². The molecule has 7 nitrogen and oxygen atoms in total. The number of nitrogens with zero attached hydrogens (tertiary/aromatic N) is 1. The Kier molecular flexibility index (Phi) is 7.40. The maximum atomic E-state index is 13.5. The number of alkyl carbamates (subject to hydrolysis) is 1. The van der Waals surface area contributed by atoms with Crippen LogP contribution in [-0.2, 0) is 14.3 Å². The van der Waals surface area contributed by atoms with Crippen molar-refractivity contribution in [2.45, 2.75) is 97.5 Å². The summed E-state index contributed by atoms with van der Waals surface area (Å²) in [6.07, 6.45) is 1.00. The number of ether oxygens (including phenoxy) is 1. The van der Waals surface area contributed by atoms with E-state index in [0.29, 0.717) is 0 Å². The van der Waals surface area contributed by atoms with Crippen LogP contribution in [0.1, 0.15) is 78.5 Å². The summed E-state index contributed by atoms with van der Waals surface area (Å²) in [4.78, 5) is 40.7. The smallest absolute Gasteiger partial charge is 0.408 e. The van der Waals surface area contributed by atoms with Gasteiger partial charge in [0.25, 0.3) is 0 Å². The van der Waals surface area contributed by atoms with Crippen LogP contribution in [0.25, 0.3) is 0 Å². The molecule has 1 aromatic carbocycles. The SMILES string of the molecule is Cc1cccc(C(C(=O)NC(C)(C)C)N(C(=O)C(C)NC(=O)OC(C)(C)C)C2CC2)c1. The van der Waals surface area contributed by atoms with E-state index in [9.17, 15) is 14.4 Å². The molecule has 0 aromatic heterocycles. The number of aryl methyl sites for hydroxylation is 1. The first-order chi connectivity index (χ1) is 14.2. The number of rotatable bonds is 6. The van der Waals surface area contributed by atoms with Gasteiger partial charge >= 0.3 is 6.09 Å². The lowest BCUT2D eigenvalue weighted by atomic mass is 9.99. The van der Waals surface area contributed by atoms with Gasteiger partial charge in [-0.25, -0.2) is 4.79 Å². The summed E-state index contributed by atoms with van der Waals surface area (Å²) < 4.78 is 5.29. The van der Waals surface area contributed by atoms with Gasteiger partial charge in [0.2, 0.25) is 11.8 Å². The summed E-state index contributed by atoms with van der Waals surface area (Å²) >= 11 is 0. The van der Waals surface area contributed by atoms with Crippen molar-refractivity contribution in [3.05, 3.63) is 35.4 Å². The van der Waals surface area contributed by atoms with Crippen LogP contribution in [0.15, 0.2) is 24.3 Å². The molecular formula is C24H37N3O4. The molecule has 7 heteroatoms. The normalized spacial score (nSPS) is 16.1. The average Bonchev–Trinajstić information content (AvgIpc) is 3.40. The van der Waals surface area contributed by atoms with E-state index in [1.54, 1.807) is 32.6 Å². The molecule has 0 spiro atoms. The molecule has 2 rings (SSSR count). The van der Waals surface area contributed by atoms with E-state index in [-0.39, 0.29) is 17.9 Å². The Morgan fingerprint density at radius 3 is 2.19 bits per heavy atom. The van der Waals surface area contributed by atoms with Crippen molar-refractivity contribution >= 4 is 17.9 Å². The largest absolute Gasteiger partial charge is 0.444 e. The molecule has 0 radical (unpaired) electrons. The van der Waals surface area contributed by atoms with E-state index in [0.717, 1.165) is 24.0 Å². The highest BCUT2D eigenvalue weighted by Crippen LogP contribution is 2.36. The standard InChI is InChI=1S/C24H37N3O4/c1-15-10-9-11-17(14-15)19(20(28)26-23(3,4)5)27(18-12-13-18)21(29)16(2)25-22(30)31-24(6,7)8/h9-11,14,16,18-19H,12-13H2,1-8H3,(H,25,30)(H,26,28). The summed E-state index contributed by atoms with van der Waals surface area (Å²) in [6.45, 7) is 14.6. The average molecular weight is 432 g/mol. The minimum absolute atomic E-state index is 0.0355. The fourth-order valence-corrected chi connectivity index (χ4v) is 3.36. The third-order valence-electron chi connectivity index (χ3n) is 4.68. The van der Waals surface area contributed by atoms with E-state index >= 15 is 0 Å². The van der Waals surface area contributed by atoms with Crippen LogP contribution in [0.5, 0.6) is 0 Å². The quantitative estimate of drug-likeness (QED) is 0.716. The van der Waals surface area contributed by atoms with Crippen molar-refractivity contribution in [1.82, 2.24) is 15.5 Å². The van der Waals surface area contributed by atoms with Crippen molar-refractivity contribution in [3.63, 3.8) is 0 Å². The van der Waals surface area contributed by atoms with E-state index < -0.39 is 29.3 Å². The van der Waals surface area contributed by atoms with Crippen LogP contribution in [0.2, 0.25) is 0 Å². The number of nitrogens with one attached hydrogen (secondary N) is 2. The molecule has 0 aliphatic heterocycles. The van der Waals surface area contributed by atoms with Crippen molar-refractivity contribution in [2.75, 3.05) is 0 Å². The first kappa shape index (κ1) is 24.7. The molecule has 3 amide bonds. The Bertz CT molecular complexity index is 819. The van der Waals surface area contributed by atoms with E-state index in [4.69, 9.17) is 4.74 Å². The second-order valence-corrected chi connectivity index (χ2v) is 10.4. The summed E-state index contributed by atoms with van der Waals surface area (Å²) in [5.41, 5.74) is 0.651. The lowest BCUT2D eigenvalue weighted by molar-refractivity contribution is -0.143. The van der Waals surface area contributed by atoms with Crippen LogP contribution in [-0.4, -0.2) is 46.0 Å². The maximum absolute atomic E-state index is 13.5. The molecule has 0 saturated heterocycles. The van der Waals surface area contributed by atoms with Gasteiger partial charge in [-0.3, -0.25) is 9.59 Å². The lowest BCUT2D eigenvalue weighted by Crippen LogP contribution is -2.54. The zero-order chi connectivity index (χ0) is 23.6. The van der Waals surface area contributed by atoms with Crippen molar-refractivity contribution < 1.29 is 19.1 Å². The number of amides is 3. The van der Waals surface area contributed by atoms with Gasteiger partial charge in [0.1, 0.15) is 17.7 Å². The number of carbonyl (C=O) groups excluding carboxylic acids is 3. The number of hydrogen-bond donors (Lipinski definition) is 2. The third kappa shape index (κ3) is 7.56. The molecule has 1 aliphatic carbocycles. The van der Waals surface area contributed by atoms with Crippen LogP contribution >= 0.6 is 0 Å². The Hall–Kier alpha value is -2.57. The summed E-state index contributed by atoms with van der Waals surface area (Å²) in [7, 11) is 0. The Balaban J connectivity index is 2.34. The van der Waals surface area contributed by atoms with Crippen molar-refractivity contribution in [2.24, 2.45) is 0 Å². The van der Waals surface area contributed by atoms with Gasteiger partial charge < -0.3 is 20.3 Å². The third-order valence-corrected chi connectivity index (χ3v) is 4.68. The van der Waals surface area contributed by atoms with Gasteiger partial charge in [-0.1, -0.05) is 29.8 Å². The second kappa shape index (κ2) is 9.28. The summed E-state index contributed by atoms with van der Waals surface area (Å²) in [5, 5.41) is 5.64. The summed E-state index contributed by atoms with van der Waals surface area (Å²) in [6, 6.07) is 6.01. The van der Waals surface area contributed by atoms with Crippen molar-refractivity contribution in [1.29, 1.82) is 0 Å².